The molecular formula is C48H45IrN4-. The Morgan fingerprint density at radius 1 is 0.472 bits per heavy atom. The average Bonchev–Trinajstić information content (AvgIpc) is 3.14. The number of rotatable bonds is 6. The molecule has 4 nitrogen and oxygen atoms in total. The van der Waals surface area contributed by atoms with E-state index in [1.54, 1.807) is 0 Å². The van der Waals surface area contributed by atoms with Gasteiger partial charge >= 0.3 is 0 Å². The molecule has 2 aromatic heterocycles. The molecule has 2 heterocycles. The van der Waals surface area contributed by atoms with Crippen LogP contribution in [0.25, 0.3) is 67.7 Å². The fourth-order valence-corrected chi connectivity index (χ4v) is 6.56. The molecule has 0 aliphatic carbocycles. The van der Waals surface area contributed by atoms with Crippen molar-refractivity contribution in [1.29, 1.82) is 0 Å². The van der Waals surface area contributed by atoms with E-state index in [0.717, 1.165) is 33.5 Å². The molecule has 0 aliphatic rings. The van der Waals surface area contributed by atoms with Crippen LogP contribution < -0.4 is 0 Å². The number of aromatic nitrogens is 4. The fourth-order valence-electron chi connectivity index (χ4n) is 6.56. The van der Waals surface area contributed by atoms with Gasteiger partial charge in [-0.2, -0.15) is 0 Å². The summed E-state index contributed by atoms with van der Waals surface area (Å²) in [6.45, 7) is 17.6. The van der Waals surface area contributed by atoms with Crippen molar-refractivity contribution in [3.8, 4) is 67.7 Å². The number of pyridine rings is 1. The Kier molecular flexibility index (Phi) is 10.7. The molecule has 0 spiro atoms. The summed E-state index contributed by atoms with van der Waals surface area (Å²) >= 11 is 0. The quantitative estimate of drug-likeness (QED) is 0.156. The second-order valence-electron chi connectivity index (χ2n) is 15.8. The molecule has 5 aromatic carbocycles. The van der Waals surface area contributed by atoms with Crippen molar-refractivity contribution >= 4 is 0 Å². The standard InChI is InChI=1S/C48H45N4.Ir/c1-31-27-32(2)29-38(28-31)42-12-10-9-11-41(42)33-13-15-34(16-14-33)43-26-21-37(30-49-43)46-51-44(35-17-22-39(23-18-35)47(3,4)5)50-45(52-46)36-19-24-40(25-20-36)48(6,7)8;/h9-15,17-30H,1-8H3;/q-1;. The van der Waals surface area contributed by atoms with E-state index in [4.69, 9.17) is 19.9 Å². The summed E-state index contributed by atoms with van der Waals surface area (Å²) < 4.78 is 0. The van der Waals surface area contributed by atoms with Gasteiger partial charge in [-0.15, -0.1) is 29.8 Å². The second-order valence-corrected chi connectivity index (χ2v) is 15.8. The normalized spacial score (nSPS) is 11.6. The van der Waals surface area contributed by atoms with Gasteiger partial charge in [0.2, 0.25) is 0 Å². The molecule has 0 saturated carbocycles. The molecule has 0 bridgehead atoms. The summed E-state index contributed by atoms with van der Waals surface area (Å²) in [4.78, 5) is 19.8. The van der Waals surface area contributed by atoms with Crippen LogP contribution in [0.2, 0.25) is 0 Å². The van der Waals surface area contributed by atoms with Gasteiger partial charge in [-0.3, -0.25) is 0 Å². The SMILES string of the molecule is Cc1cc(C)cc(-c2ccccc2-c2c[c-]c(-c3ccc(-c4nc(-c5ccc(C(C)(C)C)cc5)nc(-c5ccc(C(C)(C)C)cc5)n4)cn3)cc2)c1.[Ir]. The van der Waals surface area contributed by atoms with E-state index in [0.29, 0.717) is 17.5 Å². The van der Waals surface area contributed by atoms with Crippen molar-refractivity contribution in [3.63, 3.8) is 0 Å². The van der Waals surface area contributed by atoms with Gasteiger partial charge in [0.15, 0.2) is 17.5 Å². The number of nitrogens with zero attached hydrogens (tertiary/aromatic N) is 4. The fraction of sp³-hybridized carbons (Fsp3) is 0.208. The van der Waals surface area contributed by atoms with Crippen LogP contribution in [-0.2, 0) is 30.9 Å². The smallest absolute Gasteiger partial charge is 0.165 e. The maximum absolute atomic E-state index is 4.97. The molecule has 0 aliphatic heterocycles. The summed E-state index contributed by atoms with van der Waals surface area (Å²) in [5, 5.41) is 0. The monoisotopic (exact) mass is 870 g/mol. The largest absolute Gasteiger partial charge is 0.304 e. The third kappa shape index (κ3) is 8.43. The Labute approximate surface area is 328 Å². The topological polar surface area (TPSA) is 51.6 Å². The van der Waals surface area contributed by atoms with E-state index >= 15 is 0 Å². The van der Waals surface area contributed by atoms with Crippen molar-refractivity contribution in [1.82, 2.24) is 19.9 Å². The predicted octanol–water partition coefficient (Wildman–Crippen LogP) is 12.3. The number of hydrogen-bond acceptors (Lipinski definition) is 4. The Balaban J connectivity index is 0.00000481. The van der Waals surface area contributed by atoms with Crippen LogP contribution >= 0.6 is 0 Å². The first-order valence-corrected chi connectivity index (χ1v) is 18.0. The third-order valence-electron chi connectivity index (χ3n) is 9.53. The Morgan fingerprint density at radius 3 is 1.36 bits per heavy atom. The molecule has 0 amide bonds. The van der Waals surface area contributed by atoms with Crippen LogP contribution in [0.3, 0.4) is 0 Å². The molecule has 0 N–H and O–H groups in total. The van der Waals surface area contributed by atoms with Gasteiger partial charge in [0, 0.05) is 43.0 Å². The molecule has 0 atom stereocenters. The zero-order valence-electron chi connectivity index (χ0n) is 31.7. The van der Waals surface area contributed by atoms with Crippen LogP contribution in [0.1, 0.15) is 63.8 Å². The summed E-state index contributed by atoms with van der Waals surface area (Å²) in [7, 11) is 0. The van der Waals surface area contributed by atoms with Crippen molar-refractivity contribution in [2.24, 2.45) is 0 Å². The molecule has 5 heteroatoms. The minimum absolute atomic E-state index is 0. The molecule has 7 rings (SSSR count). The van der Waals surface area contributed by atoms with Crippen LogP contribution in [0.15, 0.2) is 128 Å². The Bertz CT molecular complexity index is 2250. The molecule has 0 unspecified atom stereocenters. The second kappa shape index (κ2) is 15.1. The molecular weight excluding hydrogens is 825 g/mol. The van der Waals surface area contributed by atoms with Gasteiger partial charge in [0.25, 0.3) is 0 Å². The van der Waals surface area contributed by atoms with E-state index in [-0.39, 0.29) is 30.9 Å². The molecule has 0 fully saturated rings. The molecule has 7 aromatic rings. The summed E-state index contributed by atoms with van der Waals surface area (Å²) in [6, 6.07) is 46.2. The van der Waals surface area contributed by atoms with E-state index in [9.17, 15) is 0 Å². The van der Waals surface area contributed by atoms with Gasteiger partial charge in [-0.25, -0.2) is 15.0 Å². The van der Waals surface area contributed by atoms with E-state index < -0.39 is 0 Å². The first-order valence-electron chi connectivity index (χ1n) is 18.0. The summed E-state index contributed by atoms with van der Waals surface area (Å²) in [5.41, 5.74) is 14.4. The average molecular weight is 870 g/mol. The van der Waals surface area contributed by atoms with Crippen molar-refractivity contribution in [3.05, 3.63) is 156 Å². The Morgan fingerprint density at radius 2 is 0.925 bits per heavy atom. The number of aryl methyl sites for hydroxylation is 2. The minimum Gasteiger partial charge on any atom is -0.304 e. The number of hydrogen-bond donors (Lipinski definition) is 0. The van der Waals surface area contributed by atoms with Gasteiger partial charge in [0.05, 0.1) is 0 Å². The number of benzene rings is 5. The first kappa shape index (κ1) is 37.7. The van der Waals surface area contributed by atoms with E-state index in [2.05, 4.69) is 171 Å². The van der Waals surface area contributed by atoms with Crippen LogP contribution in [-0.4, -0.2) is 19.9 Å². The van der Waals surface area contributed by atoms with Gasteiger partial charge < -0.3 is 4.98 Å². The molecule has 267 valence electrons. The maximum atomic E-state index is 4.97. The van der Waals surface area contributed by atoms with E-state index in [1.807, 2.05) is 18.3 Å². The van der Waals surface area contributed by atoms with Crippen molar-refractivity contribution in [2.75, 3.05) is 0 Å². The van der Waals surface area contributed by atoms with Crippen LogP contribution in [0.5, 0.6) is 0 Å². The molecule has 1 radical (unpaired) electrons. The van der Waals surface area contributed by atoms with Gasteiger partial charge in [-0.1, -0.05) is 167 Å². The van der Waals surface area contributed by atoms with Crippen LogP contribution in [0.4, 0.5) is 0 Å². The zero-order valence-corrected chi connectivity index (χ0v) is 34.1. The molecule has 0 saturated heterocycles. The maximum Gasteiger partial charge on any atom is 0.165 e. The first-order chi connectivity index (χ1) is 24.8. The van der Waals surface area contributed by atoms with Gasteiger partial charge in [-0.05, 0) is 52.6 Å². The minimum atomic E-state index is 0. The summed E-state index contributed by atoms with van der Waals surface area (Å²) in [5.74, 6) is 1.85. The van der Waals surface area contributed by atoms with Crippen molar-refractivity contribution in [2.45, 2.75) is 66.2 Å². The molecule has 53 heavy (non-hydrogen) atoms. The van der Waals surface area contributed by atoms with Gasteiger partial charge in [0.1, 0.15) is 0 Å². The van der Waals surface area contributed by atoms with Crippen molar-refractivity contribution < 1.29 is 20.1 Å². The zero-order chi connectivity index (χ0) is 36.6. The van der Waals surface area contributed by atoms with Crippen LogP contribution in [0, 0.1) is 19.9 Å². The summed E-state index contributed by atoms with van der Waals surface area (Å²) in [6.07, 6.45) is 1.85. The third-order valence-corrected chi connectivity index (χ3v) is 9.53. The predicted molar refractivity (Wildman–Crippen MR) is 216 cm³/mol. The Hall–Kier alpha value is -5.09. The van der Waals surface area contributed by atoms with E-state index in [1.165, 1.54) is 38.9 Å².